The van der Waals surface area contributed by atoms with Crippen molar-refractivity contribution < 1.29 is 13.9 Å². The third-order valence-electron chi connectivity index (χ3n) is 3.93. The first kappa shape index (κ1) is 14.4. The van der Waals surface area contributed by atoms with Gasteiger partial charge in [0.15, 0.2) is 0 Å². The summed E-state index contributed by atoms with van der Waals surface area (Å²) in [6.45, 7) is 3.45. The summed E-state index contributed by atoms with van der Waals surface area (Å²) in [7, 11) is 1.98. The normalized spacial score (nSPS) is 37.6. The standard InChI is InChI=1S/C11H23N3O3S/c1-13-7-9(12-18(16)17)11(15)10(8-13)14-5-3-2-4-6-14/h9-12,15H,2-8H2,1H3,(H,16,17)/t9-,10+,11+/m0/s1. The van der Waals surface area contributed by atoms with Gasteiger partial charge in [-0.15, -0.1) is 0 Å². The maximum absolute atomic E-state index is 10.9. The first-order valence-electron chi connectivity index (χ1n) is 6.55. The minimum absolute atomic E-state index is 0.0603. The monoisotopic (exact) mass is 277 g/mol. The molecule has 2 aliphatic heterocycles. The van der Waals surface area contributed by atoms with Crippen LogP contribution in [0, 0.1) is 0 Å². The van der Waals surface area contributed by atoms with Crippen LogP contribution in [-0.4, -0.2) is 75.1 Å². The van der Waals surface area contributed by atoms with E-state index in [1.54, 1.807) is 0 Å². The number of likely N-dealkylation sites (tertiary alicyclic amines) is 2. The highest BCUT2D eigenvalue weighted by molar-refractivity contribution is 7.77. The Morgan fingerprint density at radius 1 is 1.22 bits per heavy atom. The fraction of sp³-hybridized carbons (Fsp3) is 1.00. The van der Waals surface area contributed by atoms with Gasteiger partial charge in [-0.25, -0.2) is 8.93 Å². The van der Waals surface area contributed by atoms with Gasteiger partial charge in [-0.2, -0.15) is 0 Å². The highest BCUT2D eigenvalue weighted by atomic mass is 32.2. The van der Waals surface area contributed by atoms with E-state index in [1.165, 1.54) is 19.3 Å². The van der Waals surface area contributed by atoms with Crippen molar-refractivity contribution in [1.29, 1.82) is 0 Å². The minimum atomic E-state index is -2.07. The van der Waals surface area contributed by atoms with Gasteiger partial charge in [0.1, 0.15) is 0 Å². The van der Waals surface area contributed by atoms with Crippen LogP contribution < -0.4 is 4.72 Å². The summed E-state index contributed by atoms with van der Waals surface area (Å²) < 4.78 is 22.3. The molecule has 4 atom stereocenters. The lowest BCUT2D eigenvalue weighted by molar-refractivity contribution is -0.0276. The molecule has 0 spiro atoms. The Hall–Kier alpha value is -0.0500. The second-order valence-corrected chi connectivity index (χ2v) is 6.08. The zero-order valence-electron chi connectivity index (χ0n) is 10.8. The Morgan fingerprint density at radius 2 is 1.89 bits per heavy atom. The maximum atomic E-state index is 10.9. The van der Waals surface area contributed by atoms with Crippen molar-refractivity contribution in [3.8, 4) is 0 Å². The van der Waals surface area contributed by atoms with Crippen LogP contribution in [0.1, 0.15) is 19.3 Å². The Labute approximate surface area is 111 Å². The Morgan fingerprint density at radius 3 is 2.50 bits per heavy atom. The number of hydrogen-bond acceptors (Lipinski definition) is 4. The van der Waals surface area contributed by atoms with Gasteiger partial charge >= 0.3 is 0 Å². The first-order chi connectivity index (χ1) is 8.58. The molecular formula is C11H23N3O3S. The van der Waals surface area contributed by atoms with E-state index in [2.05, 4.69) is 14.5 Å². The highest BCUT2D eigenvalue weighted by Crippen LogP contribution is 2.20. The predicted octanol–water partition coefficient (Wildman–Crippen LogP) is -0.758. The number of nitrogens with zero attached hydrogens (tertiary/aromatic N) is 2. The minimum Gasteiger partial charge on any atom is -0.390 e. The third-order valence-corrected chi connectivity index (χ3v) is 4.43. The van der Waals surface area contributed by atoms with E-state index in [-0.39, 0.29) is 12.1 Å². The molecule has 7 heteroatoms. The number of aliphatic hydroxyl groups excluding tert-OH is 1. The summed E-state index contributed by atoms with van der Waals surface area (Å²) in [5.74, 6) is 0. The van der Waals surface area contributed by atoms with E-state index in [9.17, 15) is 9.32 Å². The maximum Gasteiger partial charge on any atom is 0.232 e. The molecule has 106 valence electrons. The van der Waals surface area contributed by atoms with Gasteiger partial charge in [-0.05, 0) is 33.0 Å². The summed E-state index contributed by atoms with van der Waals surface area (Å²) in [6.07, 6.45) is 3.03. The van der Waals surface area contributed by atoms with Gasteiger partial charge in [0.25, 0.3) is 0 Å². The van der Waals surface area contributed by atoms with Gasteiger partial charge < -0.3 is 10.0 Å². The molecule has 2 rings (SSSR count). The second kappa shape index (κ2) is 6.40. The van der Waals surface area contributed by atoms with E-state index in [0.29, 0.717) is 6.54 Å². The number of hydrogen-bond donors (Lipinski definition) is 3. The number of rotatable bonds is 3. The SMILES string of the molecule is CN1C[C@H](NS(=O)O)[C@@H](O)[C@H](N2CCCCC2)C1. The average molecular weight is 277 g/mol. The van der Waals surface area contributed by atoms with Crippen molar-refractivity contribution in [3.63, 3.8) is 0 Å². The molecule has 0 amide bonds. The van der Waals surface area contributed by atoms with Gasteiger partial charge in [-0.1, -0.05) is 6.42 Å². The second-order valence-electron chi connectivity index (χ2n) is 5.35. The molecule has 0 aromatic heterocycles. The van der Waals surface area contributed by atoms with Crippen LogP contribution in [0.25, 0.3) is 0 Å². The molecule has 2 heterocycles. The zero-order chi connectivity index (χ0) is 13.1. The van der Waals surface area contributed by atoms with Gasteiger partial charge in [0.2, 0.25) is 11.3 Å². The molecule has 6 nitrogen and oxygen atoms in total. The quantitative estimate of drug-likeness (QED) is 0.591. The van der Waals surface area contributed by atoms with Crippen molar-refractivity contribution in [2.75, 3.05) is 33.2 Å². The van der Waals surface area contributed by atoms with E-state index >= 15 is 0 Å². The fourth-order valence-corrected chi connectivity index (χ4v) is 3.50. The predicted molar refractivity (Wildman–Crippen MR) is 70.4 cm³/mol. The largest absolute Gasteiger partial charge is 0.390 e. The fourth-order valence-electron chi connectivity index (χ4n) is 3.03. The first-order valence-corrected chi connectivity index (χ1v) is 7.66. The van der Waals surface area contributed by atoms with Gasteiger partial charge in [0.05, 0.1) is 12.1 Å². The number of piperidine rings is 2. The zero-order valence-corrected chi connectivity index (χ0v) is 11.6. The molecule has 0 aromatic carbocycles. The lowest BCUT2D eigenvalue weighted by Crippen LogP contribution is -2.64. The smallest absolute Gasteiger partial charge is 0.232 e. The van der Waals surface area contributed by atoms with Crippen LogP contribution in [0.15, 0.2) is 0 Å². The van der Waals surface area contributed by atoms with E-state index in [4.69, 9.17) is 4.55 Å². The summed E-state index contributed by atoms with van der Waals surface area (Å²) >= 11 is -2.07. The lowest BCUT2D eigenvalue weighted by Gasteiger charge is -2.45. The molecule has 1 unspecified atom stereocenters. The number of likely N-dealkylation sites (N-methyl/N-ethyl adjacent to an activating group) is 1. The van der Waals surface area contributed by atoms with Crippen LogP contribution in [0.3, 0.4) is 0 Å². The molecule has 0 aliphatic carbocycles. The van der Waals surface area contributed by atoms with Crippen molar-refractivity contribution in [1.82, 2.24) is 14.5 Å². The summed E-state index contributed by atoms with van der Waals surface area (Å²) in [6, 6.07) is -0.286. The van der Waals surface area contributed by atoms with Crippen LogP contribution >= 0.6 is 0 Å². The molecule has 2 saturated heterocycles. The molecule has 0 aromatic rings. The molecule has 3 N–H and O–H groups in total. The Balaban J connectivity index is 2.01. The third kappa shape index (κ3) is 3.49. The van der Waals surface area contributed by atoms with E-state index in [0.717, 1.165) is 19.6 Å². The van der Waals surface area contributed by atoms with Crippen LogP contribution in [-0.2, 0) is 11.3 Å². The number of aliphatic hydroxyl groups is 1. The molecule has 2 aliphatic rings. The van der Waals surface area contributed by atoms with Crippen molar-refractivity contribution >= 4 is 11.3 Å². The van der Waals surface area contributed by atoms with E-state index < -0.39 is 17.4 Å². The Bertz CT molecular complexity index is 299. The summed E-state index contributed by atoms with van der Waals surface area (Å²) in [5, 5.41) is 10.4. The highest BCUT2D eigenvalue weighted by Gasteiger charge is 2.38. The molecule has 0 bridgehead atoms. The van der Waals surface area contributed by atoms with Gasteiger partial charge in [0, 0.05) is 19.1 Å². The summed E-state index contributed by atoms with van der Waals surface area (Å²) in [4.78, 5) is 4.43. The molecule has 2 fully saturated rings. The molecule has 0 radical (unpaired) electrons. The van der Waals surface area contributed by atoms with Crippen LogP contribution in [0.4, 0.5) is 0 Å². The topological polar surface area (TPSA) is 76.0 Å². The van der Waals surface area contributed by atoms with Crippen LogP contribution in [0.2, 0.25) is 0 Å². The Kier molecular flexibility index (Phi) is 5.11. The summed E-state index contributed by atoms with van der Waals surface area (Å²) in [5.41, 5.74) is 0. The molecule has 0 saturated carbocycles. The van der Waals surface area contributed by atoms with Crippen molar-refractivity contribution in [3.05, 3.63) is 0 Å². The molecule has 18 heavy (non-hydrogen) atoms. The van der Waals surface area contributed by atoms with Crippen molar-refractivity contribution in [2.24, 2.45) is 0 Å². The molecular weight excluding hydrogens is 254 g/mol. The van der Waals surface area contributed by atoms with E-state index in [1.807, 2.05) is 7.05 Å². The number of nitrogens with one attached hydrogen (secondary N) is 1. The average Bonchev–Trinajstić information content (AvgIpc) is 2.34. The lowest BCUT2D eigenvalue weighted by atomic mass is 9.95. The van der Waals surface area contributed by atoms with Crippen molar-refractivity contribution in [2.45, 2.75) is 37.5 Å². The van der Waals surface area contributed by atoms with Crippen LogP contribution in [0.5, 0.6) is 0 Å². The van der Waals surface area contributed by atoms with Gasteiger partial charge in [-0.3, -0.25) is 9.45 Å².